The lowest BCUT2D eigenvalue weighted by atomic mass is 9.92. The van der Waals surface area contributed by atoms with Crippen LogP contribution in [0.4, 0.5) is 0 Å². The molecule has 1 atom stereocenters. The molecule has 1 amide bonds. The van der Waals surface area contributed by atoms with Crippen LogP contribution in [0.5, 0.6) is 0 Å². The molecule has 0 N–H and O–H groups in total. The number of hydrogen-bond acceptors (Lipinski definition) is 5. The van der Waals surface area contributed by atoms with Gasteiger partial charge < -0.3 is 14.2 Å². The van der Waals surface area contributed by atoms with Crippen LogP contribution in [0.2, 0.25) is 0 Å². The summed E-state index contributed by atoms with van der Waals surface area (Å²) in [6, 6.07) is 6.20. The van der Waals surface area contributed by atoms with Crippen molar-refractivity contribution in [1.82, 2.24) is 15.0 Å². The van der Waals surface area contributed by atoms with E-state index in [1.165, 1.54) is 0 Å². The van der Waals surface area contributed by atoms with Crippen LogP contribution in [0.3, 0.4) is 0 Å². The van der Waals surface area contributed by atoms with E-state index >= 15 is 0 Å². The summed E-state index contributed by atoms with van der Waals surface area (Å²) in [4.78, 5) is 19.6. The number of carbonyl (C=O) groups excluding carboxylic acids is 1. The van der Waals surface area contributed by atoms with Gasteiger partial charge in [0.25, 0.3) is 5.91 Å². The maximum atomic E-state index is 12.7. The van der Waals surface area contributed by atoms with Crippen molar-refractivity contribution < 1.29 is 14.1 Å². The largest absolute Gasteiger partial charge is 0.368 e. The number of hydrogen-bond donors (Lipinski definition) is 0. The molecular formula is C22H29N3O3. The van der Waals surface area contributed by atoms with Crippen molar-refractivity contribution in [3.05, 3.63) is 35.3 Å². The van der Waals surface area contributed by atoms with Gasteiger partial charge in [0.15, 0.2) is 0 Å². The first kappa shape index (κ1) is 19.1. The van der Waals surface area contributed by atoms with Crippen molar-refractivity contribution in [3.63, 3.8) is 0 Å². The number of piperidine rings is 1. The van der Waals surface area contributed by atoms with Gasteiger partial charge in [0.2, 0.25) is 0 Å². The molecule has 0 radical (unpaired) electrons. The highest BCUT2D eigenvalue weighted by Gasteiger charge is 2.30. The highest BCUT2D eigenvalue weighted by atomic mass is 16.5. The number of pyridine rings is 1. The molecule has 2 aromatic heterocycles. The monoisotopic (exact) mass is 383 g/mol. The molecule has 28 heavy (non-hydrogen) atoms. The van der Waals surface area contributed by atoms with Gasteiger partial charge in [0.1, 0.15) is 11.9 Å². The Balaban J connectivity index is 1.44. The fourth-order valence-electron chi connectivity index (χ4n) is 4.34. The average Bonchev–Trinajstić information content (AvgIpc) is 3.14. The lowest BCUT2D eigenvalue weighted by Crippen LogP contribution is -2.45. The standard InChI is InChI=1S/C22H29N3O3/c1-3-19-21(15(2)24-28-19)18-8-6-7-17(23-18)16-10-12-25(13-11-16)22(26)20-9-4-5-14-27-20/h6-8,16,20H,3-5,9-14H2,1-2H3/t20-/m0/s1. The van der Waals surface area contributed by atoms with Crippen molar-refractivity contribution in [2.24, 2.45) is 0 Å². The number of ether oxygens (including phenoxy) is 1. The number of amides is 1. The highest BCUT2D eigenvalue weighted by Crippen LogP contribution is 2.31. The molecule has 0 bridgehead atoms. The molecule has 2 aliphatic heterocycles. The topological polar surface area (TPSA) is 68.5 Å². The van der Waals surface area contributed by atoms with Gasteiger partial charge >= 0.3 is 0 Å². The highest BCUT2D eigenvalue weighted by molar-refractivity contribution is 5.81. The van der Waals surface area contributed by atoms with E-state index in [1.54, 1.807) is 0 Å². The number of aromatic nitrogens is 2. The first-order chi connectivity index (χ1) is 13.7. The molecule has 0 saturated carbocycles. The molecular weight excluding hydrogens is 354 g/mol. The Morgan fingerprint density at radius 1 is 1.21 bits per heavy atom. The zero-order valence-corrected chi connectivity index (χ0v) is 16.8. The third-order valence-corrected chi connectivity index (χ3v) is 5.96. The molecule has 4 rings (SSSR count). The van der Waals surface area contributed by atoms with E-state index in [4.69, 9.17) is 14.2 Å². The van der Waals surface area contributed by atoms with Gasteiger partial charge in [0.05, 0.1) is 17.0 Å². The molecule has 2 saturated heterocycles. The van der Waals surface area contributed by atoms with Crippen LogP contribution >= 0.6 is 0 Å². The molecule has 2 fully saturated rings. The Kier molecular flexibility index (Phi) is 5.76. The van der Waals surface area contributed by atoms with Gasteiger partial charge in [0, 0.05) is 37.7 Å². The Hall–Kier alpha value is -2.21. The SMILES string of the molecule is CCc1onc(C)c1-c1cccc(C2CCN(C(=O)[C@@H]3CCCCO3)CC2)n1. The van der Waals surface area contributed by atoms with Crippen molar-refractivity contribution in [3.8, 4) is 11.3 Å². The van der Waals surface area contributed by atoms with E-state index in [0.29, 0.717) is 12.5 Å². The molecule has 0 unspecified atom stereocenters. The van der Waals surface area contributed by atoms with Crippen LogP contribution in [-0.2, 0) is 16.0 Å². The first-order valence-electron chi connectivity index (χ1n) is 10.5. The van der Waals surface area contributed by atoms with Gasteiger partial charge in [-0.15, -0.1) is 0 Å². The predicted molar refractivity (Wildman–Crippen MR) is 106 cm³/mol. The van der Waals surface area contributed by atoms with Crippen LogP contribution in [0, 0.1) is 6.92 Å². The quantitative estimate of drug-likeness (QED) is 0.801. The minimum atomic E-state index is -0.226. The lowest BCUT2D eigenvalue weighted by molar-refractivity contribution is -0.147. The van der Waals surface area contributed by atoms with Crippen LogP contribution in [0.25, 0.3) is 11.3 Å². The second-order valence-electron chi connectivity index (χ2n) is 7.82. The average molecular weight is 383 g/mol. The second kappa shape index (κ2) is 8.43. The smallest absolute Gasteiger partial charge is 0.251 e. The van der Waals surface area contributed by atoms with Gasteiger partial charge in [-0.1, -0.05) is 18.1 Å². The summed E-state index contributed by atoms with van der Waals surface area (Å²) in [5.74, 6) is 1.43. The van der Waals surface area contributed by atoms with Crippen molar-refractivity contribution in [2.45, 2.75) is 64.4 Å². The molecule has 0 aromatic carbocycles. The number of rotatable bonds is 4. The molecule has 150 valence electrons. The van der Waals surface area contributed by atoms with E-state index in [2.05, 4.69) is 24.2 Å². The fraction of sp³-hybridized carbons (Fsp3) is 0.591. The molecule has 2 aromatic rings. The first-order valence-corrected chi connectivity index (χ1v) is 10.5. The summed E-state index contributed by atoms with van der Waals surface area (Å²) in [7, 11) is 0. The van der Waals surface area contributed by atoms with Crippen molar-refractivity contribution in [1.29, 1.82) is 0 Å². The number of nitrogens with zero attached hydrogens (tertiary/aromatic N) is 3. The summed E-state index contributed by atoms with van der Waals surface area (Å²) in [5.41, 5.74) is 3.93. The zero-order valence-electron chi connectivity index (χ0n) is 16.8. The number of aryl methyl sites for hydroxylation is 2. The van der Waals surface area contributed by atoms with Crippen LogP contribution in [-0.4, -0.2) is 46.7 Å². The van der Waals surface area contributed by atoms with Gasteiger partial charge in [-0.25, -0.2) is 0 Å². The maximum Gasteiger partial charge on any atom is 0.251 e. The third-order valence-electron chi connectivity index (χ3n) is 5.96. The number of carbonyl (C=O) groups is 1. The zero-order chi connectivity index (χ0) is 19.5. The van der Waals surface area contributed by atoms with Crippen LogP contribution < -0.4 is 0 Å². The van der Waals surface area contributed by atoms with Gasteiger partial charge in [-0.2, -0.15) is 0 Å². The molecule has 6 nitrogen and oxygen atoms in total. The Bertz CT molecular complexity index is 818. The van der Waals surface area contributed by atoms with E-state index < -0.39 is 0 Å². The van der Waals surface area contributed by atoms with E-state index in [0.717, 1.165) is 80.0 Å². The Morgan fingerprint density at radius 3 is 2.75 bits per heavy atom. The van der Waals surface area contributed by atoms with E-state index in [1.807, 2.05) is 17.9 Å². The maximum absolute atomic E-state index is 12.7. The van der Waals surface area contributed by atoms with Crippen molar-refractivity contribution >= 4 is 5.91 Å². The second-order valence-corrected chi connectivity index (χ2v) is 7.82. The van der Waals surface area contributed by atoms with Gasteiger partial charge in [-0.3, -0.25) is 9.78 Å². The molecule has 4 heterocycles. The van der Waals surface area contributed by atoms with Gasteiger partial charge in [-0.05, 0) is 51.2 Å². The normalized spacial score (nSPS) is 21.1. The third kappa shape index (κ3) is 3.83. The molecule has 0 spiro atoms. The Morgan fingerprint density at radius 2 is 2.04 bits per heavy atom. The minimum Gasteiger partial charge on any atom is -0.368 e. The van der Waals surface area contributed by atoms with E-state index in [9.17, 15) is 4.79 Å². The lowest BCUT2D eigenvalue weighted by Gasteiger charge is -2.35. The molecule has 2 aliphatic rings. The molecule has 0 aliphatic carbocycles. The van der Waals surface area contributed by atoms with Crippen LogP contribution in [0.15, 0.2) is 22.7 Å². The molecule has 6 heteroatoms. The summed E-state index contributed by atoms with van der Waals surface area (Å²) in [6.07, 6.45) is 5.48. The summed E-state index contributed by atoms with van der Waals surface area (Å²) in [6.45, 7) is 6.30. The summed E-state index contributed by atoms with van der Waals surface area (Å²) >= 11 is 0. The summed E-state index contributed by atoms with van der Waals surface area (Å²) < 4.78 is 11.1. The number of likely N-dealkylation sites (tertiary alicyclic amines) is 1. The fourth-order valence-corrected chi connectivity index (χ4v) is 4.34. The van der Waals surface area contributed by atoms with Crippen LogP contribution in [0.1, 0.15) is 62.1 Å². The minimum absolute atomic E-state index is 0.174. The van der Waals surface area contributed by atoms with Crippen molar-refractivity contribution in [2.75, 3.05) is 19.7 Å². The Labute approximate surface area is 166 Å². The summed E-state index contributed by atoms with van der Waals surface area (Å²) in [5, 5.41) is 4.11. The van der Waals surface area contributed by atoms with E-state index in [-0.39, 0.29) is 12.0 Å². The predicted octanol–water partition coefficient (Wildman–Crippen LogP) is 3.88.